The molecule has 0 radical (unpaired) electrons. The molecule has 1 heteroatoms. The minimum atomic E-state index is -3.29. The zero-order valence-electron chi connectivity index (χ0n) is 39.6. The van der Waals surface area contributed by atoms with E-state index in [4.69, 9.17) is 0 Å². The van der Waals surface area contributed by atoms with Crippen LogP contribution < -0.4 is 15.6 Å². The van der Waals surface area contributed by atoms with Gasteiger partial charge in [0.15, 0.2) is 8.07 Å². The summed E-state index contributed by atoms with van der Waals surface area (Å²) in [7, 11) is -3.29. The molecule has 0 heterocycles. The summed E-state index contributed by atoms with van der Waals surface area (Å²) in [5.74, 6) is 0.278. The normalized spacial score (nSPS) is 15.2. The molecule has 0 amide bonds. The summed E-state index contributed by atoms with van der Waals surface area (Å²) in [6.45, 7) is 31.6. The summed E-state index contributed by atoms with van der Waals surface area (Å²) >= 11 is 0. The van der Waals surface area contributed by atoms with Crippen LogP contribution in [0.5, 0.6) is 0 Å². The maximum atomic E-state index is 2.60. The quantitative estimate of drug-likeness (QED) is 0.0954. The van der Waals surface area contributed by atoms with Crippen LogP contribution in [0.3, 0.4) is 0 Å². The SMILES string of the molecule is CC1=C(C)C(C)C([Si](c2cccc(C(C)(C)C)c2Cc2ccccc2)(c2cccc(C(C)(C)C)c2Cc2ccccc2)c2cccc(C(C)(C)C)c2Cc2ccccc2)=C1C. The molecule has 1 unspecified atom stereocenters. The number of hydrogen-bond acceptors (Lipinski definition) is 0. The van der Waals surface area contributed by atoms with E-state index in [1.807, 2.05) is 0 Å². The fraction of sp³-hybridized carbons (Fsp3) is 0.333. The Morgan fingerprint density at radius 1 is 0.377 bits per heavy atom. The third kappa shape index (κ3) is 8.48. The molecule has 1 atom stereocenters. The van der Waals surface area contributed by atoms with Gasteiger partial charge in [0, 0.05) is 0 Å². The molecule has 1 aliphatic rings. The van der Waals surface area contributed by atoms with E-state index in [0.29, 0.717) is 0 Å². The Morgan fingerprint density at radius 2 is 0.672 bits per heavy atom. The summed E-state index contributed by atoms with van der Waals surface area (Å²) in [4.78, 5) is 0. The van der Waals surface area contributed by atoms with Crippen LogP contribution in [0.4, 0.5) is 0 Å². The van der Waals surface area contributed by atoms with Gasteiger partial charge in [-0.2, -0.15) is 0 Å². The van der Waals surface area contributed by atoms with Gasteiger partial charge in [-0.1, -0.05) is 231 Å². The molecule has 0 spiro atoms. The lowest BCUT2D eigenvalue weighted by Crippen LogP contribution is -2.72. The number of hydrogen-bond donors (Lipinski definition) is 0. The van der Waals surface area contributed by atoms with Gasteiger partial charge in [-0.3, -0.25) is 0 Å². The maximum absolute atomic E-state index is 3.29. The van der Waals surface area contributed by atoms with Crippen molar-refractivity contribution in [3.63, 3.8) is 0 Å². The van der Waals surface area contributed by atoms with Crippen molar-refractivity contribution in [3.8, 4) is 0 Å². The number of rotatable bonds is 10. The molecule has 0 saturated heterocycles. The van der Waals surface area contributed by atoms with E-state index >= 15 is 0 Å². The van der Waals surface area contributed by atoms with Gasteiger partial charge in [0.05, 0.1) is 0 Å². The summed E-state index contributed by atoms with van der Waals surface area (Å²) in [5, 5.41) is 6.30. The molecule has 0 fully saturated rings. The van der Waals surface area contributed by atoms with E-state index in [9.17, 15) is 0 Å². The second-order valence-corrected chi connectivity index (χ2v) is 24.7. The van der Waals surface area contributed by atoms with Gasteiger partial charge in [-0.15, -0.1) is 0 Å². The van der Waals surface area contributed by atoms with Gasteiger partial charge >= 0.3 is 0 Å². The van der Waals surface area contributed by atoms with Crippen LogP contribution >= 0.6 is 0 Å². The highest BCUT2D eigenvalue weighted by atomic mass is 28.3. The third-order valence-electron chi connectivity index (χ3n) is 13.9. The van der Waals surface area contributed by atoms with Gasteiger partial charge in [-0.25, -0.2) is 0 Å². The smallest absolute Gasteiger partial charge is 0.0636 e. The molecular formula is C60H70Si. The fourth-order valence-corrected chi connectivity index (χ4v) is 17.2. The first-order valence-electron chi connectivity index (χ1n) is 22.7. The Labute approximate surface area is 370 Å². The lowest BCUT2D eigenvalue weighted by atomic mass is 9.82. The van der Waals surface area contributed by atoms with E-state index in [2.05, 4.69) is 236 Å². The highest BCUT2D eigenvalue weighted by Gasteiger charge is 2.52. The summed E-state index contributed by atoms with van der Waals surface area (Å²) in [5.41, 5.74) is 17.2. The second-order valence-electron chi connectivity index (χ2n) is 21.1. The Kier molecular flexibility index (Phi) is 12.3. The highest BCUT2D eigenvalue weighted by Crippen LogP contribution is 2.44. The van der Waals surface area contributed by atoms with Crippen LogP contribution in [0.15, 0.2) is 168 Å². The van der Waals surface area contributed by atoms with Crippen LogP contribution in [0.2, 0.25) is 0 Å². The molecular weight excluding hydrogens is 749 g/mol. The molecule has 0 bridgehead atoms. The van der Waals surface area contributed by atoms with Crippen LogP contribution in [0, 0.1) is 5.92 Å². The molecule has 0 saturated carbocycles. The van der Waals surface area contributed by atoms with Gasteiger partial charge in [-0.05, 0) is 133 Å². The molecule has 314 valence electrons. The van der Waals surface area contributed by atoms with Crippen LogP contribution in [-0.4, -0.2) is 8.07 Å². The first kappa shape index (κ1) is 44.1. The Balaban J connectivity index is 1.80. The van der Waals surface area contributed by atoms with E-state index < -0.39 is 8.07 Å². The van der Waals surface area contributed by atoms with Crippen molar-refractivity contribution in [2.45, 2.75) is 126 Å². The monoisotopic (exact) mass is 819 g/mol. The molecule has 6 aromatic rings. The van der Waals surface area contributed by atoms with Gasteiger partial charge < -0.3 is 0 Å². The molecule has 0 nitrogen and oxygen atoms in total. The summed E-state index contributed by atoms with van der Waals surface area (Å²) < 4.78 is 0. The number of benzene rings is 6. The minimum Gasteiger partial charge on any atom is -0.0636 e. The van der Waals surface area contributed by atoms with Gasteiger partial charge in [0.1, 0.15) is 0 Å². The predicted molar refractivity (Wildman–Crippen MR) is 268 cm³/mol. The molecule has 0 aliphatic heterocycles. The van der Waals surface area contributed by atoms with E-state index in [1.54, 1.807) is 20.8 Å². The topological polar surface area (TPSA) is 0 Å². The standard InChI is InChI=1S/C60H70Si/c1-41-42(2)44(4)57(43(41)3)61(54-35-23-32-51(58(5,6)7)48(54)38-45-26-17-14-18-27-45,55-36-24-33-52(59(8,9)10)49(55)39-46-28-19-15-20-29-46)56-37-25-34-53(60(11,12)13)50(56)40-47-30-21-16-22-31-47/h14-37,43H,38-40H2,1-13H3. The van der Waals surface area contributed by atoms with Crippen molar-refractivity contribution in [1.29, 1.82) is 0 Å². The second kappa shape index (κ2) is 17.1. The Bertz CT molecular complexity index is 2320. The first-order chi connectivity index (χ1) is 28.8. The van der Waals surface area contributed by atoms with E-state index in [0.717, 1.165) is 19.3 Å². The van der Waals surface area contributed by atoms with E-state index in [-0.39, 0.29) is 22.2 Å². The highest BCUT2D eigenvalue weighted by molar-refractivity contribution is 7.17. The molecule has 61 heavy (non-hydrogen) atoms. The zero-order chi connectivity index (χ0) is 43.9. The Hall–Kier alpha value is -4.98. The Morgan fingerprint density at radius 3 is 0.918 bits per heavy atom. The third-order valence-corrected chi connectivity index (χ3v) is 19.3. The van der Waals surface area contributed by atoms with Crippen molar-refractivity contribution in [2.24, 2.45) is 5.92 Å². The zero-order valence-corrected chi connectivity index (χ0v) is 40.6. The molecule has 1 aliphatic carbocycles. The lowest BCUT2D eigenvalue weighted by molar-refractivity contribution is 0.585. The number of allylic oxidation sites excluding steroid dienone is 4. The van der Waals surface area contributed by atoms with Crippen molar-refractivity contribution in [2.75, 3.05) is 0 Å². The first-order valence-corrected chi connectivity index (χ1v) is 24.7. The minimum absolute atomic E-state index is 0.0741. The van der Waals surface area contributed by atoms with E-state index in [1.165, 1.54) is 66.8 Å². The predicted octanol–water partition coefficient (Wildman–Crippen LogP) is 13.7. The lowest BCUT2D eigenvalue weighted by Gasteiger charge is -2.44. The van der Waals surface area contributed by atoms with Crippen molar-refractivity contribution >= 4 is 23.6 Å². The summed E-state index contributed by atoms with van der Waals surface area (Å²) in [6, 6.07) is 56.2. The molecule has 7 rings (SSSR count). The molecule has 0 aromatic heterocycles. The van der Waals surface area contributed by atoms with Crippen molar-refractivity contribution in [3.05, 3.63) is 218 Å². The fourth-order valence-electron chi connectivity index (χ4n) is 10.7. The average molecular weight is 819 g/mol. The van der Waals surface area contributed by atoms with Crippen LogP contribution in [-0.2, 0) is 35.5 Å². The van der Waals surface area contributed by atoms with Crippen molar-refractivity contribution < 1.29 is 0 Å². The summed E-state index contributed by atoms with van der Waals surface area (Å²) in [6.07, 6.45) is 2.64. The van der Waals surface area contributed by atoms with Crippen molar-refractivity contribution in [1.82, 2.24) is 0 Å². The van der Waals surface area contributed by atoms with Crippen LogP contribution in [0.1, 0.15) is 140 Å². The van der Waals surface area contributed by atoms with Crippen LogP contribution in [0.25, 0.3) is 0 Å². The average Bonchev–Trinajstić information content (AvgIpc) is 3.41. The molecule has 6 aromatic carbocycles. The maximum Gasteiger partial charge on any atom is 0.177 e. The van der Waals surface area contributed by atoms with Gasteiger partial charge in [0.25, 0.3) is 0 Å². The van der Waals surface area contributed by atoms with Gasteiger partial charge in [0.2, 0.25) is 0 Å². The molecule has 0 N–H and O–H groups in total. The largest absolute Gasteiger partial charge is 0.177 e.